The van der Waals surface area contributed by atoms with E-state index in [1.165, 1.54) is 69.7 Å². The molecule has 22 N–H and O–H groups in total. The molecule has 3 aromatic carbocycles. The summed E-state index contributed by atoms with van der Waals surface area (Å²) >= 11 is 6.38. The number of amides is 5. The number of aryl methyl sites for hydroxylation is 1. The molecule has 5 amide bonds. The van der Waals surface area contributed by atoms with E-state index in [1.807, 2.05) is 129 Å². The van der Waals surface area contributed by atoms with Crippen molar-refractivity contribution < 1.29 is 72.2 Å². The Hall–Kier alpha value is -8.03. The number of halogens is 1. The van der Waals surface area contributed by atoms with Gasteiger partial charge in [0.25, 0.3) is 0 Å². The molecule has 2 heterocycles. The van der Waals surface area contributed by atoms with Gasteiger partial charge in [0.05, 0.1) is 6.04 Å². The van der Waals surface area contributed by atoms with Crippen molar-refractivity contribution in [3.63, 3.8) is 0 Å². The van der Waals surface area contributed by atoms with Gasteiger partial charge in [0, 0.05) is 77.0 Å². The summed E-state index contributed by atoms with van der Waals surface area (Å²) in [6, 6.07) is 23.6. The first-order valence-electron chi connectivity index (χ1n) is 37.9. The number of aliphatic hydroxyl groups is 1. The number of likely N-dealkylation sites (N-methyl/N-ethyl adjacent to an activating group) is 2. The largest absolute Gasteiger partial charge is 0.394 e. The van der Waals surface area contributed by atoms with Gasteiger partial charge in [-0.05, 0) is 145 Å². The number of hydrogen-bond donors (Lipinski definition) is 10. The van der Waals surface area contributed by atoms with Crippen LogP contribution in [0.4, 0.5) is 0 Å². The molecular weight excluding hydrogens is 1490 g/mol. The molecule has 28 nitrogen and oxygen atoms in total. The number of benzene rings is 3. The van der Waals surface area contributed by atoms with Crippen LogP contribution in [-0.4, -0.2) is 207 Å². The van der Waals surface area contributed by atoms with E-state index in [9.17, 15) is 28.8 Å². The molecule has 0 unspecified atom stereocenters. The number of likely N-dealkylation sites (tertiary alicyclic amines) is 2. The van der Waals surface area contributed by atoms with Gasteiger partial charge in [-0.1, -0.05) is 228 Å². The number of carbonyl (C=O) groups excluding carboxylic acids is 14. The van der Waals surface area contributed by atoms with Crippen LogP contribution >= 0.6 is 11.6 Å². The van der Waals surface area contributed by atoms with Crippen LogP contribution in [0.15, 0.2) is 84.9 Å². The van der Waals surface area contributed by atoms with Crippen molar-refractivity contribution in [3.8, 4) is 0 Å². The van der Waals surface area contributed by atoms with Crippen LogP contribution in [0.2, 0.25) is 5.02 Å². The van der Waals surface area contributed by atoms with Gasteiger partial charge in [-0.25, -0.2) is 0 Å². The van der Waals surface area contributed by atoms with E-state index in [-0.39, 0.29) is 85.3 Å². The van der Waals surface area contributed by atoms with Gasteiger partial charge in [0.2, 0.25) is 29.5 Å². The highest BCUT2D eigenvalue weighted by atomic mass is 35.5. The number of ketones is 1. The minimum Gasteiger partial charge on any atom is -0.394 e. The highest BCUT2D eigenvalue weighted by Gasteiger charge is 2.41. The first-order valence-corrected chi connectivity index (χ1v) is 38.3. The highest BCUT2D eigenvalue weighted by Crippen LogP contribution is 2.28. The van der Waals surface area contributed by atoms with Crippen LogP contribution in [0.1, 0.15) is 219 Å². The van der Waals surface area contributed by atoms with Crippen LogP contribution < -0.4 is 52.9 Å². The lowest BCUT2D eigenvalue weighted by Crippen LogP contribution is -2.60. The second-order valence-electron chi connectivity index (χ2n) is 26.2. The zero-order chi connectivity index (χ0) is 90.9. The molecule has 680 valence electrons. The van der Waals surface area contributed by atoms with Crippen LogP contribution in [0.3, 0.4) is 0 Å². The summed E-state index contributed by atoms with van der Waals surface area (Å²) in [7, 11) is 9.15. The van der Waals surface area contributed by atoms with Crippen molar-refractivity contribution in [2.45, 2.75) is 252 Å². The Morgan fingerprint density at radius 1 is 0.487 bits per heavy atom. The third-order valence-electron chi connectivity index (χ3n) is 15.5. The lowest BCUT2D eigenvalue weighted by Gasteiger charge is -2.38. The summed E-state index contributed by atoms with van der Waals surface area (Å²) in [6.45, 7) is 59.0. The number of rotatable bonds is 21. The fourth-order valence-electron chi connectivity index (χ4n) is 8.72. The fourth-order valence-corrected chi connectivity index (χ4v) is 8.93. The Bertz CT molecular complexity index is 2450. The number of carbonyl (C=O) groups is 14. The Morgan fingerprint density at radius 2 is 0.817 bits per heavy atom. The predicted molar refractivity (Wildman–Crippen MR) is 485 cm³/mol. The molecule has 0 saturated carbocycles. The maximum atomic E-state index is 14.9. The quantitative estimate of drug-likeness (QED) is 0.0473. The smallest absolute Gasteiger partial charge is 0.246 e. The molecular formula is C86H174ClN13O15. The van der Waals surface area contributed by atoms with E-state index < -0.39 is 41.9 Å². The Morgan fingerprint density at radius 3 is 1.12 bits per heavy atom. The van der Waals surface area contributed by atoms with Gasteiger partial charge in [-0.3, -0.25) is 28.8 Å². The van der Waals surface area contributed by atoms with E-state index in [1.54, 1.807) is 51.0 Å². The third kappa shape index (κ3) is 88.2. The molecule has 115 heavy (non-hydrogen) atoms. The molecule has 2 fully saturated rings. The Kier molecular flexibility index (Phi) is 151. The van der Waals surface area contributed by atoms with E-state index in [4.69, 9.17) is 55.1 Å². The summed E-state index contributed by atoms with van der Waals surface area (Å²) in [6.07, 6.45) is 9.97. The second-order valence-corrected chi connectivity index (χ2v) is 26.6. The molecule has 6 atom stereocenters. The fraction of sp³-hybridized carbons (Fsp3) is 0.628. The number of hydrogen-bond acceptors (Lipinski definition) is 23. The van der Waals surface area contributed by atoms with Gasteiger partial charge < -0.3 is 116 Å². The van der Waals surface area contributed by atoms with Gasteiger partial charge >= 0.3 is 0 Å². The topological polar surface area (TPSA) is 528 Å². The number of Topliss-reactive ketones (excluding diaryl/α,β-unsaturated/α-hetero) is 1. The van der Waals surface area contributed by atoms with Gasteiger partial charge in [-0.15, -0.1) is 0 Å². The first kappa shape index (κ1) is 152. The predicted octanol–water partition coefficient (Wildman–Crippen LogP) is 13.5. The van der Waals surface area contributed by atoms with Crippen molar-refractivity contribution >= 4 is 101 Å². The van der Waals surface area contributed by atoms with Crippen LogP contribution in [0, 0.1) is 41.4 Å². The number of nitrogens with two attached hydrogens (primary N) is 4. The van der Waals surface area contributed by atoms with Crippen molar-refractivity contribution in [1.82, 2.24) is 49.5 Å². The third-order valence-corrected chi connectivity index (χ3v) is 15.8. The second kappa shape index (κ2) is 115. The maximum Gasteiger partial charge on any atom is 0.246 e. The number of aliphatic hydroxyl groups excluding tert-OH is 1. The minimum absolute atomic E-state index is 0. The number of nitrogens with one attached hydrogen (secondary N) is 1. The van der Waals surface area contributed by atoms with Gasteiger partial charge in [0.1, 0.15) is 72.4 Å². The van der Waals surface area contributed by atoms with Gasteiger partial charge in [-0.2, -0.15) is 0 Å². The molecule has 0 aliphatic carbocycles. The van der Waals surface area contributed by atoms with E-state index in [2.05, 4.69) is 143 Å². The van der Waals surface area contributed by atoms with Gasteiger partial charge in [0.15, 0.2) is 5.78 Å². The first-order chi connectivity index (χ1) is 52.8. The average Bonchev–Trinajstić information content (AvgIpc) is 1.58. The van der Waals surface area contributed by atoms with Crippen LogP contribution in [0.5, 0.6) is 0 Å². The summed E-state index contributed by atoms with van der Waals surface area (Å²) in [5.74, 6) is 0.622. The number of piperidine rings is 1. The Labute approximate surface area is 704 Å². The maximum absolute atomic E-state index is 14.9. The van der Waals surface area contributed by atoms with E-state index in [0.717, 1.165) is 66.9 Å². The molecule has 0 spiro atoms. The van der Waals surface area contributed by atoms with E-state index in [0.29, 0.717) is 37.5 Å². The summed E-state index contributed by atoms with van der Waals surface area (Å²) < 4.78 is 0. The lowest BCUT2D eigenvalue weighted by molar-refractivity contribution is -0.151. The normalized spacial score (nSPS) is 12.0. The monoisotopic (exact) mass is 1660 g/mol. The molecule has 2 aliphatic heterocycles. The minimum atomic E-state index is -1.06. The lowest BCUT2D eigenvalue weighted by atomic mass is 9.86. The van der Waals surface area contributed by atoms with Crippen molar-refractivity contribution in [2.75, 3.05) is 61.9 Å². The summed E-state index contributed by atoms with van der Waals surface area (Å²) in [5, 5.41) is 11.6. The highest BCUT2D eigenvalue weighted by molar-refractivity contribution is 6.30. The molecule has 0 bridgehead atoms. The molecule has 5 rings (SSSR count). The standard InChI is InChI=1S/C44H62ClN5O6.C8H10.3C5H12.C4H10.C3H8O.4CH5N.8CH2O.4H3N/c1-8-30(4)40(44(56)49-22-13-10-14-23-49)46-41(53)37(26-32-17-11-9-12-18-32)47(6)43(55)38(27-33-19-15-20-34(45)25-33)48(7)42(54)35(29(2)3)28-39(52)36-21-16-24-50(36)31(5)51;1-2-8-6-4-3-5-7-8;3*1-4-5(2)3;1-4(2)3;1-3(2)4;12*1-2;;;;/h9,11-12,15,17-20,25,29-30,35-38,40H,8,10,13-14,16,21-24,26-28H2,1-7H3,(H,46,53);3-7H,2H2,1H3;3*5H,4H2,1-3H3;4H,1-3H3;3-4H,1-2H3;4*2H2,1H3;8*1H2;4*1H3/t30-,35-,36-,37-,38-,40-;;;;;;;;;;;;;;;;;;;;;;/m0....................../s1. The van der Waals surface area contributed by atoms with E-state index >= 15 is 0 Å². The molecule has 0 radical (unpaired) electrons. The number of nitrogens with zero attached hydrogens (tertiary/aromatic N) is 4. The van der Waals surface area contributed by atoms with Crippen molar-refractivity contribution in [3.05, 3.63) is 107 Å². The van der Waals surface area contributed by atoms with Crippen molar-refractivity contribution in [2.24, 2.45) is 64.4 Å². The zero-order valence-electron chi connectivity index (χ0n) is 76.9. The Balaban J connectivity index is -0.0000000815. The summed E-state index contributed by atoms with van der Waals surface area (Å²) in [5.41, 5.74) is 21.0. The SMILES string of the molecule is C=O.C=O.C=O.C=O.C=O.C=O.C=O.C=O.CC(C)C.CC(C)O.CCC(C)C.CCC(C)C.CCC(C)C.CC[C@H](C)[C@H](NC(=O)[C@H](Cc1ccccc1)N(C)C(=O)[C@H](Cc1cccc(Cl)c1)N(C)C(=O)[C@@H](CC(=O)[C@@H]1CCCN1C(C)=O)C(C)C)C(=O)N1CCCCC1.CCc1ccccc1.CN.CN.CN.CN.N.N.N.N. The van der Waals surface area contributed by atoms with Crippen LogP contribution in [0.25, 0.3) is 0 Å². The molecule has 2 aliphatic rings. The molecule has 29 heteroatoms. The summed E-state index contributed by atoms with van der Waals surface area (Å²) in [4.78, 5) is 154. The molecule has 3 aromatic rings. The molecule has 0 aromatic heterocycles. The molecule has 2 saturated heterocycles. The average molecular weight is 1670 g/mol. The zero-order valence-corrected chi connectivity index (χ0v) is 77.7. The van der Waals surface area contributed by atoms with Crippen LogP contribution in [-0.2, 0) is 86.4 Å². The van der Waals surface area contributed by atoms with Crippen molar-refractivity contribution in [1.29, 1.82) is 0 Å².